The highest BCUT2D eigenvalue weighted by Gasteiger charge is 2.39. The number of carbonyl (C=O) groups is 1. The van der Waals surface area contributed by atoms with Crippen LogP contribution in [0.5, 0.6) is 0 Å². The van der Waals surface area contributed by atoms with Crippen LogP contribution < -0.4 is 10.2 Å². The summed E-state index contributed by atoms with van der Waals surface area (Å²) in [5.41, 5.74) is 0.231. The van der Waals surface area contributed by atoms with E-state index in [1.54, 1.807) is 17.1 Å². The Kier molecular flexibility index (Phi) is 6.34. The molecule has 198 valence electrons. The molecular weight excluding hydrogens is 480 g/mol. The number of piperidine rings is 1. The molecule has 0 aromatic carbocycles. The smallest absolute Gasteiger partial charge is 0.284 e. The molecule has 4 aliphatic rings. The fourth-order valence-corrected chi connectivity index (χ4v) is 6.05. The zero-order valence-corrected chi connectivity index (χ0v) is 21.2. The van der Waals surface area contributed by atoms with Gasteiger partial charge in [-0.25, -0.2) is 18.3 Å². The first-order valence-corrected chi connectivity index (χ1v) is 13.3. The second-order valence-electron chi connectivity index (χ2n) is 10.7. The third-order valence-electron chi connectivity index (χ3n) is 8.46. The highest BCUT2D eigenvalue weighted by Crippen LogP contribution is 2.38. The standard InChI is InChI=1S/C26H33F2N7O2/c1-3-15(2)16-4-6-17(7-5-16)35-14-21(23(32-35)24(27)28)30-26(36)20-11-29-34-9-8-22(31-25(20)34)33-12-18-10-19(13-33)37-18/h8-9,11,14-19,24H,3-7,10,12-13H2,1-2H3,(H,30,36). The number of ether oxygens (including phenoxy) is 1. The summed E-state index contributed by atoms with van der Waals surface area (Å²) < 4.78 is 36.6. The van der Waals surface area contributed by atoms with Crippen LogP contribution in [0.25, 0.3) is 5.65 Å². The first kappa shape index (κ1) is 24.3. The molecule has 3 atom stereocenters. The maximum Gasteiger partial charge on any atom is 0.284 e. The Balaban J connectivity index is 1.20. The summed E-state index contributed by atoms with van der Waals surface area (Å²) in [6, 6.07) is 1.92. The van der Waals surface area contributed by atoms with E-state index in [1.165, 1.54) is 10.7 Å². The number of morpholine rings is 1. The molecule has 9 nitrogen and oxygen atoms in total. The van der Waals surface area contributed by atoms with Crippen LogP contribution in [0.1, 0.15) is 80.9 Å². The van der Waals surface area contributed by atoms with Crippen molar-refractivity contribution in [3.05, 3.63) is 35.9 Å². The lowest BCUT2D eigenvalue weighted by molar-refractivity contribution is -0.133. The molecule has 37 heavy (non-hydrogen) atoms. The zero-order chi connectivity index (χ0) is 25.7. The van der Waals surface area contributed by atoms with E-state index in [-0.39, 0.29) is 29.5 Å². The molecule has 3 unspecified atom stereocenters. The Morgan fingerprint density at radius 2 is 1.95 bits per heavy atom. The highest BCUT2D eigenvalue weighted by molar-refractivity contribution is 6.08. The third-order valence-corrected chi connectivity index (χ3v) is 8.46. The first-order valence-electron chi connectivity index (χ1n) is 13.3. The topological polar surface area (TPSA) is 89.6 Å². The Bertz CT molecular complexity index is 1270. The van der Waals surface area contributed by atoms with Crippen LogP contribution >= 0.6 is 0 Å². The van der Waals surface area contributed by atoms with Crippen LogP contribution in [0.4, 0.5) is 20.3 Å². The summed E-state index contributed by atoms with van der Waals surface area (Å²) in [5.74, 6) is 1.54. The quantitative estimate of drug-likeness (QED) is 0.485. The van der Waals surface area contributed by atoms with E-state index in [1.807, 2.05) is 6.07 Å². The van der Waals surface area contributed by atoms with Gasteiger partial charge in [0.15, 0.2) is 11.3 Å². The van der Waals surface area contributed by atoms with Crippen LogP contribution in [-0.4, -0.2) is 55.6 Å². The van der Waals surface area contributed by atoms with Crippen molar-refractivity contribution >= 4 is 23.1 Å². The number of fused-ring (bicyclic) bond motifs is 3. The van der Waals surface area contributed by atoms with Crippen molar-refractivity contribution in [1.82, 2.24) is 24.4 Å². The number of hydrogen-bond donors (Lipinski definition) is 1. The van der Waals surface area contributed by atoms with Crippen molar-refractivity contribution in [3.63, 3.8) is 0 Å². The predicted molar refractivity (Wildman–Crippen MR) is 134 cm³/mol. The summed E-state index contributed by atoms with van der Waals surface area (Å²) in [6.07, 6.45) is 8.51. The number of amides is 1. The molecule has 11 heteroatoms. The number of nitrogens with zero attached hydrogens (tertiary/aromatic N) is 6. The Hall–Kier alpha value is -3.08. The van der Waals surface area contributed by atoms with Gasteiger partial charge in [0.05, 0.1) is 30.1 Å². The van der Waals surface area contributed by atoms with Gasteiger partial charge < -0.3 is 15.0 Å². The number of halogens is 2. The minimum atomic E-state index is -2.80. The monoisotopic (exact) mass is 513 g/mol. The molecule has 1 amide bonds. The number of hydrogen-bond acceptors (Lipinski definition) is 6. The van der Waals surface area contributed by atoms with E-state index in [2.05, 4.69) is 39.2 Å². The van der Waals surface area contributed by atoms with Crippen molar-refractivity contribution in [1.29, 1.82) is 0 Å². The summed E-state index contributed by atoms with van der Waals surface area (Å²) in [7, 11) is 0. The average Bonchev–Trinajstić information content (AvgIpc) is 3.52. The van der Waals surface area contributed by atoms with E-state index in [9.17, 15) is 13.6 Å². The Morgan fingerprint density at radius 3 is 2.62 bits per heavy atom. The van der Waals surface area contributed by atoms with Crippen molar-refractivity contribution < 1.29 is 18.3 Å². The average molecular weight is 514 g/mol. The van der Waals surface area contributed by atoms with E-state index < -0.39 is 18.0 Å². The first-order chi connectivity index (χ1) is 17.9. The van der Waals surface area contributed by atoms with E-state index >= 15 is 0 Å². The molecule has 0 spiro atoms. The number of carbonyl (C=O) groups excluding carboxylic acids is 1. The molecule has 1 N–H and O–H groups in total. The Morgan fingerprint density at radius 1 is 1.22 bits per heavy atom. The minimum Gasteiger partial charge on any atom is -0.371 e. The number of alkyl halides is 2. The van der Waals surface area contributed by atoms with Gasteiger partial charge in [-0.2, -0.15) is 10.2 Å². The maximum absolute atomic E-state index is 13.9. The molecule has 2 bridgehead atoms. The fraction of sp³-hybridized carbons (Fsp3) is 0.615. The number of anilines is 2. The zero-order valence-electron chi connectivity index (χ0n) is 21.2. The van der Waals surface area contributed by atoms with E-state index in [0.717, 1.165) is 57.4 Å². The lowest BCUT2D eigenvalue weighted by Crippen LogP contribution is -2.57. The predicted octanol–water partition coefficient (Wildman–Crippen LogP) is 4.87. The molecular formula is C26H33F2N7O2. The van der Waals surface area contributed by atoms with Gasteiger partial charge in [-0.1, -0.05) is 20.3 Å². The number of rotatable bonds is 7. The van der Waals surface area contributed by atoms with Crippen molar-refractivity contribution in [2.45, 2.75) is 77.0 Å². The molecule has 0 radical (unpaired) electrons. The van der Waals surface area contributed by atoms with Crippen molar-refractivity contribution in [2.24, 2.45) is 11.8 Å². The number of aromatic nitrogens is 5. The molecule has 1 saturated carbocycles. The van der Waals surface area contributed by atoms with Crippen molar-refractivity contribution in [2.75, 3.05) is 23.3 Å². The third kappa shape index (κ3) is 4.58. The Labute approximate surface area is 214 Å². The van der Waals surface area contributed by atoms with Gasteiger partial charge in [-0.3, -0.25) is 9.48 Å². The normalized spacial score (nSPS) is 26.4. The molecule has 1 aliphatic carbocycles. The van der Waals surface area contributed by atoms with E-state index in [4.69, 9.17) is 4.74 Å². The number of nitrogens with one attached hydrogen (secondary N) is 1. The van der Waals surface area contributed by atoms with Gasteiger partial charge >= 0.3 is 0 Å². The van der Waals surface area contributed by atoms with Gasteiger partial charge in [-0.15, -0.1) is 0 Å². The van der Waals surface area contributed by atoms with Crippen LogP contribution in [0, 0.1) is 11.8 Å². The van der Waals surface area contributed by atoms with E-state index in [0.29, 0.717) is 17.5 Å². The lowest BCUT2D eigenvalue weighted by atomic mass is 9.78. The van der Waals surface area contributed by atoms with Gasteiger partial charge in [0.1, 0.15) is 11.4 Å². The van der Waals surface area contributed by atoms with Gasteiger partial charge in [0.2, 0.25) is 0 Å². The lowest BCUT2D eigenvalue weighted by Gasteiger charge is -2.47. The van der Waals surface area contributed by atoms with Crippen LogP contribution in [0.15, 0.2) is 24.7 Å². The highest BCUT2D eigenvalue weighted by atomic mass is 19.3. The molecule has 3 aliphatic heterocycles. The minimum absolute atomic E-state index is 0.0350. The molecule has 4 fully saturated rings. The van der Waals surface area contributed by atoms with Gasteiger partial charge in [0.25, 0.3) is 12.3 Å². The molecule has 3 aromatic heterocycles. The SMILES string of the molecule is CCC(C)C1CCC(n2cc(NC(=O)c3cnn4ccc(N5CC6CC(C5)O6)nc34)c(C(F)F)n2)CC1. The fourth-order valence-electron chi connectivity index (χ4n) is 6.05. The summed E-state index contributed by atoms with van der Waals surface area (Å²) >= 11 is 0. The van der Waals surface area contributed by atoms with Gasteiger partial charge in [0, 0.05) is 31.9 Å². The molecule has 3 aromatic rings. The summed E-state index contributed by atoms with van der Waals surface area (Å²) in [5, 5.41) is 11.1. The largest absolute Gasteiger partial charge is 0.371 e. The second kappa shape index (κ2) is 9.66. The molecule has 3 saturated heterocycles. The van der Waals surface area contributed by atoms with Crippen LogP contribution in [0.3, 0.4) is 0 Å². The van der Waals surface area contributed by atoms with Crippen molar-refractivity contribution in [3.8, 4) is 0 Å². The summed E-state index contributed by atoms with van der Waals surface area (Å²) in [4.78, 5) is 20.1. The van der Waals surface area contributed by atoms with Crippen LogP contribution in [0.2, 0.25) is 0 Å². The molecule has 6 heterocycles. The van der Waals surface area contributed by atoms with Gasteiger partial charge in [-0.05, 0) is 43.6 Å². The molecule has 7 rings (SSSR count). The van der Waals surface area contributed by atoms with Crippen LogP contribution in [-0.2, 0) is 4.74 Å². The maximum atomic E-state index is 13.9. The second-order valence-corrected chi connectivity index (χ2v) is 10.7. The summed E-state index contributed by atoms with van der Waals surface area (Å²) in [6.45, 7) is 6.00.